The highest BCUT2D eigenvalue weighted by Crippen LogP contribution is 2.23. The van der Waals surface area contributed by atoms with E-state index in [-0.39, 0.29) is 18.6 Å². The number of nitrogens with zero attached hydrogens (tertiary/aromatic N) is 2. The maximum atomic E-state index is 12.2. The molecule has 104 valence electrons. The molecule has 5 heteroatoms. The van der Waals surface area contributed by atoms with Gasteiger partial charge in [-0.05, 0) is 25.7 Å². The number of carboxylic acid groups (broad SMARTS) is 1. The third kappa shape index (κ3) is 3.62. The molecule has 3 atom stereocenters. The number of amides is 2. The second-order valence-corrected chi connectivity index (χ2v) is 5.57. The smallest absolute Gasteiger partial charge is 0.320 e. The number of aliphatic carboxylic acids is 1. The Kier molecular flexibility index (Phi) is 4.99. The molecule has 0 aromatic heterocycles. The highest BCUT2D eigenvalue weighted by Gasteiger charge is 2.29. The van der Waals surface area contributed by atoms with Gasteiger partial charge in [-0.25, -0.2) is 4.79 Å². The number of piperidine rings is 1. The molecule has 0 aliphatic carbocycles. The van der Waals surface area contributed by atoms with Crippen molar-refractivity contribution in [2.24, 2.45) is 11.8 Å². The summed E-state index contributed by atoms with van der Waals surface area (Å²) in [6.45, 7) is 6.91. The summed E-state index contributed by atoms with van der Waals surface area (Å²) in [6, 6.07) is 0.186. The van der Waals surface area contributed by atoms with Crippen molar-refractivity contribution in [2.45, 2.75) is 39.7 Å². The van der Waals surface area contributed by atoms with E-state index in [0.717, 1.165) is 19.4 Å². The predicted octanol–water partition coefficient (Wildman–Crippen LogP) is 1.88. The van der Waals surface area contributed by atoms with Crippen LogP contribution >= 0.6 is 0 Å². The van der Waals surface area contributed by atoms with Gasteiger partial charge in [0.15, 0.2) is 0 Å². The lowest BCUT2D eigenvalue weighted by Gasteiger charge is -2.39. The zero-order chi connectivity index (χ0) is 13.9. The van der Waals surface area contributed by atoms with Gasteiger partial charge in [-0.2, -0.15) is 0 Å². The van der Waals surface area contributed by atoms with Gasteiger partial charge in [0.1, 0.15) is 0 Å². The first-order valence-electron chi connectivity index (χ1n) is 6.57. The van der Waals surface area contributed by atoms with Crippen LogP contribution in [0.4, 0.5) is 4.79 Å². The quantitative estimate of drug-likeness (QED) is 0.838. The van der Waals surface area contributed by atoms with E-state index in [1.165, 1.54) is 4.90 Å². The molecule has 1 fully saturated rings. The summed E-state index contributed by atoms with van der Waals surface area (Å²) in [4.78, 5) is 26.4. The fourth-order valence-electron chi connectivity index (χ4n) is 2.48. The van der Waals surface area contributed by atoms with Crippen molar-refractivity contribution in [3.8, 4) is 0 Å². The van der Waals surface area contributed by atoms with Gasteiger partial charge < -0.3 is 14.9 Å². The molecule has 1 N–H and O–H groups in total. The van der Waals surface area contributed by atoms with E-state index in [1.54, 1.807) is 14.0 Å². The zero-order valence-corrected chi connectivity index (χ0v) is 11.7. The molecule has 1 aliphatic heterocycles. The van der Waals surface area contributed by atoms with Crippen LogP contribution in [0, 0.1) is 11.8 Å². The Bertz CT molecular complexity index is 319. The Balaban J connectivity index is 2.55. The number of carbonyl (C=O) groups is 2. The first-order valence-corrected chi connectivity index (χ1v) is 6.57. The number of rotatable bonds is 3. The number of likely N-dealkylation sites (tertiary alicyclic amines) is 1. The van der Waals surface area contributed by atoms with E-state index in [2.05, 4.69) is 13.8 Å². The van der Waals surface area contributed by atoms with Crippen LogP contribution in [-0.4, -0.2) is 53.1 Å². The van der Waals surface area contributed by atoms with Crippen LogP contribution < -0.4 is 0 Å². The highest BCUT2D eigenvalue weighted by atomic mass is 16.4. The molecule has 5 nitrogen and oxygen atoms in total. The lowest BCUT2D eigenvalue weighted by atomic mass is 9.94. The van der Waals surface area contributed by atoms with E-state index < -0.39 is 11.9 Å². The van der Waals surface area contributed by atoms with Crippen molar-refractivity contribution in [2.75, 3.05) is 20.1 Å². The van der Waals surface area contributed by atoms with Gasteiger partial charge in [0.2, 0.25) is 0 Å². The third-order valence-electron chi connectivity index (χ3n) is 3.68. The summed E-state index contributed by atoms with van der Waals surface area (Å²) >= 11 is 0. The molecule has 0 radical (unpaired) electrons. The van der Waals surface area contributed by atoms with Gasteiger partial charge in [0.05, 0.1) is 5.92 Å². The topological polar surface area (TPSA) is 60.9 Å². The molecule has 1 rings (SSSR count). The van der Waals surface area contributed by atoms with Gasteiger partial charge in [-0.1, -0.05) is 13.8 Å². The number of carboxylic acids is 1. The molecular formula is C13H24N2O3. The molecule has 2 amide bonds. The molecule has 1 aliphatic rings. The average molecular weight is 256 g/mol. The van der Waals surface area contributed by atoms with Crippen LogP contribution in [0.5, 0.6) is 0 Å². The largest absolute Gasteiger partial charge is 0.481 e. The molecular weight excluding hydrogens is 232 g/mol. The van der Waals surface area contributed by atoms with E-state index in [0.29, 0.717) is 5.92 Å². The lowest BCUT2D eigenvalue weighted by molar-refractivity contribution is -0.141. The van der Waals surface area contributed by atoms with E-state index >= 15 is 0 Å². The van der Waals surface area contributed by atoms with Crippen LogP contribution in [0.25, 0.3) is 0 Å². The van der Waals surface area contributed by atoms with Gasteiger partial charge in [0.25, 0.3) is 0 Å². The van der Waals surface area contributed by atoms with Crippen molar-refractivity contribution in [3.63, 3.8) is 0 Å². The van der Waals surface area contributed by atoms with Crippen molar-refractivity contribution >= 4 is 12.0 Å². The van der Waals surface area contributed by atoms with Crippen molar-refractivity contribution in [1.29, 1.82) is 0 Å². The first kappa shape index (κ1) is 14.8. The van der Waals surface area contributed by atoms with Crippen LogP contribution in [0.1, 0.15) is 33.6 Å². The number of urea groups is 1. The minimum atomic E-state index is -0.866. The molecule has 18 heavy (non-hydrogen) atoms. The summed E-state index contributed by atoms with van der Waals surface area (Å²) in [5.74, 6) is -0.736. The van der Waals surface area contributed by atoms with Crippen LogP contribution in [-0.2, 0) is 4.79 Å². The van der Waals surface area contributed by atoms with Gasteiger partial charge in [-0.3, -0.25) is 4.79 Å². The molecule has 0 aromatic rings. The summed E-state index contributed by atoms with van der Waals surface area (Å²) in [7, 11) is 1.67. The molecule has 1 saturated heterocycles. The van der Waals surface area contributed by atoms with Crippen LogP contribution in [0.15, 0.2) is 0 Å². The predicted molar refractivity (Wildman–Crippen MR) is 69.4 cm³/mol. The fourth-order valence-corrected chi connectivity index (χ4v) is 2.48. The third-order valence-corrected chi connectivity index (χ3v) is 3.68. The maximum Gasteiger partial charge on any atom is 0.320 e. The number of hydrogen-bond acceptors (Lipinski definition) is 2. The van der Waals surface area contributed by atoms with Crippen LogP contribution in [0.2, 0.25) is 0 Å². The van der Waals surface area contributed by atoms with Gasteiger partial charge >= 0.3 is 12.0 Å². The maximum absolute atomic E-state index is 12.2. The molecule has 0 bridgehead atoms. The Hall–Kier alpha value is -1.26. The summed E-state index contributed by atoms with van der Waals surface area (Å²) in [5, 5.41) is 8.86. The van der Waals surface area contributed by atoms with Gasteiger partial charge in [0, 0.05) is 26.2 Å². The lowest BCUT2D eigenvalue weighted by Crippen LogP contribution is -2.50. The van der Waals surface area contributed by atoms with Crippen molar-refractivity contribution in [3.05, 3.63) is 0 Å². The Morgan fingerprint density at radius 2 is 2.06 bits per heavy atom. The second-order valence-electron chi connectivity index (χ2n) is 5.57. The summed E-state index contributed by atoms with van der Waals surface area (Å²) in [6.07, 6.45) is 2.05. The monoisotopic (exact) mass is 256 g/mol. The fraction of sp³-hybridized carbons (Fsp3) is 0.846. The second kappa shape index (κ2) is 6.07. The average Bonchev–Trinajstić information content (AvgIpc) is 2.27. The zero-order valence-electron chi connectivity index (χ0n) is 11.7. The Morgan fingerprint density at radius 3 is 2.56 bits per heavy atom. The number of hydrogen-bond donors (Lipinski definition) is 1. The number of carbonyl (C=O) groups excluding carboxylic acids is 1. The molecule has 3 unspecified atom stereocenters. The van der Waals surface area contributed by atoms with E-state index in [1.807, 2.05) is 4.90 Å². The van der Waals surface area contributed by atoms with Crippen molar-refractivity contribution in [1.82, 2.24) is 9.80 Å². The summed E-state index contributed by atoms with van der Waals surface area (Å²) in [5.41, 5.74) is 0. The Morgan fingerprint density at radius 1 is 1.44 bits per heavy atom. The Labute approximate surface area is 109 Å². The van der Waals surface area contributed by atoms with Crippen molar-refractivity contribution < 1.29 is 14.7 Å². The van der Waals surface area contributed by atoms with Gasteiger partial charge in [-0.15, -0.1) is 0 Å². The highest BCUT2D eigenvalue weighted by molar-refractivity contribution is 5.76. The molecule has 0 aromatic carbocycles. The minimum absolute atomic E-state index is 0.0532. The molecule has 0 saturated carbocycles. The minimum Gasteiger partial charge on any atom is -0.481 e. The standard InChI is InChI=1S/C13H24N2O3/c1-9-5-6-15(11(3)7-9)13(18)14(4)8-10(2)12(16)17/h9-11H,5-8H2,1-4H3,(H,16,17). The first-order chi connectivity index (χ1) is 8.32. The van der Waals surface area contributed by atoms with Crippen LogP contribution in [0.3, 0.4) is 0 Å². The SMILES string of the molecule is CC1CCN(C(=O)N(C)CC(C)C(=O)O)C(C)C1. The normalized spacial score (nSPS) is 25.7. The van der Waals surface area contributed by atoms with E-state index in [4.69, 9.17) is 5.11 Å². The molecule has 0 spiro atoms. The van der Waals surface area contributed by atoms with E-state index in [9.17, 15) is 9.59 Å². The summed E-state index contributed by atoms with van der Waals surface area (Å²) < 4.78 is 0. The molecule has 1 heterocycles.